The van der Waals surface area contributed by atoms with Gasteiger partial charge in [0.15, 0.2) is 9.84 Å². The number of aromatic nitrogens is 2. The Morgan fingerprint density at radius 1 is 1.21 bits per heavy atom. The highest BCUT2D eigenvalue weighted by molar-refractivity contribution is 7.92. The summed E-state index contributed by atoms with van der Waals surface area (Å²) in [7, 11) is -3.52. The largest absolute Gasteiger partial charge is 0.369 e. The Kier molecular flexibility index (Phi) is 7.41. The molecule has 1 N–H and O–H groups in total. The van der Waals surface area contributed by atoms with Crippen molar-refractivity contribution < 1.29 is 13.2 Å². The van der Waals surface area contributed by atoms with Crippen LogP contribution in [0.1, 0.15) is 56.7 Å². The van der Waals surface area contributed by atoms with E-state index in [1.807, 2.05) is 31.2 Å². The lowest BCUT2D eigenvalue weighted by atomic mass is 9.90. The van der Waals surface area contributed by atoms with E-state index in [1.165, 1.54) is 5.56 Å². The van der Waals surface area contributed by atoms with Gasteiger partial charge in [0.1, 0.15) is 10.9 Å². The molecule has 2 fully saturated rings. The van der Waals surface area contributed by atoms with Crippen molar-refractivity contribution >= 4 is 21.4 Å². The van der Waals surface area contributed by atoms with Crippen LogP contribution in [-0.2, 0) is 25.9 Å². The average molecular weight is 493 g/mol. The minimum atomic E-state index is -3.52. The number of sulfone groups is 1. The minimum Gasteiger partial charge on any atom is -0.369 e. The van der Waals surface area contributed by atoms with Crippen LogP contribution >= 0.6 is 11.6 Å². The molecule has 1 aromatic heterocycles. The second-order valence-electron chi connectivity index (χ2n) is 9.33. The molecule has 2 unspecified atom stereocenters. The highest BCUT2D eigenvalue weighted by Crippen LogP contribution is 2.43. The maximum atomic E-state index is 13.8. The number of hydrogen-bond acceptors (Lipinski definition) is 7. The molecule has 2 atom stereocenters. The van der Waals surface area contributed by atoms with Crippen LogP contribution in [0, 0.1) is 0 Å². The molecule has 9 heteroatoms. The summed E-state index contributed by atoms with van der Waals surface area (Å²) >= 11 is 6.36. The third kappa shape index (κ3) is 4.95. The molecule has 1 aromatic carbocycles. The molecule has 0 spiro atoms. The lowest BCUT2D eigenvalue weighted by molar-refractivity contribution is -0.00300. The van der Waals surface area contributed by atoms with Crippen LogP contribution in [0.25, 0.3) is 0 Å². The number of hydrogen-bond donors (Lipinski definition) is 1. The van der Waals surface area contributed by atoms with Crippen molar-refractivity contribution in [1.82, 2.24) is 20.2 Å². The Morgan fingerprint density at radius 3 is 2.55 bits per heavy atom. The van der Waals surface area contributed by atoms with Crippen molar-refractivity contribution in [3.05, 3.63) is 58.6 Å². The molecule has 2 aromatic rings. The third-order valence-corrected chi connectivity index (χ3v) is 9.99. The number of likely N-dealkylation sites (tertiary alicyclic amines) is 1. The molecule has 2 aliphatic heterocycles. The van der Waals surface area contributed by atoms with Crippen LogP contribution < -0.4 is 5.32 Å². The van der Waals surface area contributed by atoms with Crippen LogP contribution in [0.5, 0.6) is 0 Å². The summed E-state index contributed by atoms with van der Waals surface area (Å²) < 4.78 is 32.4. The van der Waals surface area contributed by atoms with Gasteiger partial charge < -0.3 is 10.1 Å². The summed E-state index contributed by atoms with van der Waals surface area (Å²) in [5.74, 6) is 0. The van der Waals surface area contributed by atoms with Gasteiger partial charge >= 0.3 is 0 Å². The smallest absolute Gasteiger partial charge is 0.222 e. The molecule has 0 bridgehead atoms. The Hall–Kier alpha value is -1.58. The van der Waals surface area contributed by atoms with E-state index in [0.717, 1.165) is 13.1 Å². The molecule has 0 amide bonds. The normalized spacial score (nSPS) is 24.2. The number of rotatable bonds is 6. The predicted molar refractivity (Wildman–Crippen MR) is 130 cm³/mol. The Morgan fingerprint density at radius 2 is 1.91 bits per heavy atom. The zero-order chi connectivity index (χ0) is 23.6. The maximum absolute atomic E-state index is 13.8. The fraction of sp³-hybridized carbons (Fsp3) is 0.583. The molecular weight excluding hydrogens is 460 g/mol. The molecule has 2 saturated heterocycles. The molecule has 7 nitrogen and oxygen atoms in total. The standard InChI is InChI=1S/C24H33ClN4O3S/c1-17(2)33(30,31)24(9-12-29(13-10-24)16-19-7-5-4-6-8-19)21-15-20(27-23(25)28-21)22-18(3)26-11-14-32-22/h4-8,15,17-18,22,26H,9-14,16H2,1-3H3. The van der Waals surface area contributed by atoms with Gasteiger partial charge in [0.25, 0.3) is 0 Å². The van der Waals surface area contributed by atoms with E-state index in [1.54, 1.807) is 13.8 Å². The van der Waals surface area contributed by atoms with Crippen molar-refractivity contribution in [2.45, 2.75) is 62.3 Å². The maximum Gasteiger partial charge on any atom is 0.222 e. The second kappa shape index (κ2) is 9.96. The molecule has 4 rings (SSSR count). The van der Waals surface area contributed by atoms with E-state index < -0.39 is 19.8 Å². The van der Waals surface area contributed by atoms with Crippen LogP contribution in [0.3, 0.4) is 0 Å². The quantitative estimate of drug-likeness (QED) is 0.618. The SMILES string of the molecule is CC1NCCOC1c1cc(C2(S(=O)(=O)C(C)C)CCN(Cc3ccccc3)CC2)nc(Cl)n1. The zero-order valence-electron chi connectivity index (χ0n) is 19.5. The van der Waals surface area contributed by atoms with Gasteiger partial charge in [-0.05, 0) is 56.8 Å². The first-order valence-electron chi connectivity index (χ1n) is 11.6. The number of nitrogens with zero attached hydrogens (tertiary/aromatic N) is 3. The molecule has 33 heavy (non-hydrogen) atoms. The van der Waals surface area contributed by atoms with Gasteiger partial charge in [0.05, 0.1) is 23.2 Å². The molecule has 0 aliphatic carbocycles. The fourth-order valence-corrected chi connectivity index (χ4v) is 7.17. The van der Waals surface area contributed by atoms with Gasteiger partial charge in [-0.3, -0.25) is 4.90 Å². The summed E-state index contributed by atoms with van der Waals surface area (Å²) in [6.45, 7) is 8.98. The van der Waals surface area contributed by atoms with Crippen molar-refractivity contribution in [2.24, 2.45) is 0 Å². The van der Waals surface area contributed by atoms with E-state index in [0.29, 0.717) is 43.9 Å². The van der Waals surface area contributed by atoms with Gasteiger partial charge in [0.2, 0.25) is 5.28 Å². The summed E-state index contributed by atoms with van der Waals surface area (Å²) in [5, 5.41) is 2.92. The van der Waals surface area contributed by atoms with Crippen molar-refractivity contribution in [1.29, 1.82) is 0 Å². The summed E-state index contributed by atoms with van der Waals surface area (Å²) in [4.78, 5) is 11.2. The van der Waals surface area contributed by atoms with E-state index >= 15 is 0 Å². The molecular formula is C24H33ClN4O3S. The first kappa shape index (κ1) is 24.5. The molecule has 180 valence electrons. The first-order valence-corrected chi connectivity index (χ1v) is 13.5. The van der Waals surface area contributed by atoms with Gasteiger partial charge in [-0.1, -0.05) is 30.3 Å². The summed E-state index contributed by atoms with van der Waals surface area (Å²) in [6.07, 6.45) is 0.633. The average Bonchev–Trinajstić information content (AvgIpc) is 2.80. The van der Waals surface area contributed by atoms with Crippen molar-refractivity contribution in [3.8, 4) is 0 Å². The Balaban J connectivity index is 1.68. The third-order valence-electron chi connectivity index (χ3n) is 6.87. The molecule has 0 saturated carbocycles. The summed E-state index contributed by atoms with van der Waals surface area (Å²) in [6, 6.07) is 12.1. The van der Waals surface area contributed by atoms with Crippen molar-refractivity contribution in [2.75, 3.05) is 26.2 Å². The van der Waals surface area contributed by atoms with E-state index in [2.05, 4.69) is 32.3 Å². The first-order chi connectivity index (χ1) is 15.7. The monoisotopic (exact) mass is 492 g/mol. The van der Waals surface area contributed by atoms with Crippen LogP contribution in [0.2, 0.25) is 5.28 Å². The van der Waals surface area contributed by atoms with Crippen LogP contribution in [0.4, 0.5) is 0 Å². The zero-order valence-corrected chi connectivity index (χ0v) is 21.1. The highest BCUT2D eigenvalue weighted by Gasteiger charge is 2.50. The molecule has 3 heterocycles. The summed E-state index contributed by atoms with van der Waals surface area (Å²) in [5.41, 5.74) is 2.35. The van der Waals surface area contributed by atoms with Gasteiger partial charge in [0, 0.05) is 32.2 Å². The topological polar surface area (TPSA) is 84.4 Å². The van der Waals surface area contributed by atoms with E-state index in [-0.39, 0.29) is 17.4 Å². The lowest BCUT2D eigenvalue weighted by Crippen LogP contribution is -2.50. The van der Waals surface area contributed by atoms with E-state index in [9.17, 15) is 8.42 Å². The van der Waals surface area contributed by atoms with E-state index in [4.69, 9.17) is 16.3 Å². The number of morpholine rings is 1. The van der Waals surface area contributed by atoms with Gasteiger partial charge in [-0.2, -0.15) is 0 Å². The number of halogens is 1. The Bertz CT molecular complexity index is 1060. The highest BCUT2D eigenvalue weighted by atomic mass is 35.5. The lowest BCUT2D eigenvalue weighted by Gasteiger charge is -2.42. The second-order valence-corrected chi connectivity index (χ2v) is 12.5. The number of piperidine rings is 1. The van der Waals surface area contributed by atoms with Gasteiger partial charge in [-0.25, -0.2) is 18.4 Å². The van der Waals surface area contributed by atoms with Crippen LogP contribution in [-0.4, -0.2) is 60.8 Å². The number of benzene rings is 1. The van der Waals surface area contributed by atoms with Gasteiger partial charge in [-0.15, -0.1) is 0 Å². The minimum absolute atomic E-state index is 0.0444. The fourth-order valence-electron chi connectivity index (χ4n) is 4.93. The number of nitrogens with one attached hydrogen (secondary N) is 1. The van der Waals surface area contributed by atoms with Crippen molar-refractivity contribution in [3.63, 3.8) is 0 Å². The van der Waals surface area contributed by atoms with Crippen LogP contribution in [0.15, 0.2) is 36.4 Å². The molecule has 0 radical (unpaired) electrons. The molecule has 2 aliphatic rings. The number of ether oxygens (including phenoxy) is 1. The predicted octanol–water partition coefficient (Wildman–Crippen LogP) is 3.49. The Labute approximate surface area is 201 Å².